The highest BCUT2D eigenvalue weighted by molar-refractivity contribution is 9.10. The maximum absolute atomic E-state index is 5.68. The van der Waals surface area contributed by atoms with Gasteiger partial charge >= 0.3 is 0 Å². The van der Waals surface area contributed by atoms with Crippen molar-refractivity contribution in [3.63, 3.8) is 0 Å². The van der Waals surface area contributed by atoms with E-state index < -0.39 is 0 Å². The van der Waals surface area contributed by atoms with Crippen LogP contribution in [-0.2, 0) is 4.74 Å². The lowest BCUT2D eigenvalue weighted by Gasteiger charge is -2.26. The van der Waals surface area contributed by atoms with E-state index in [1.807, 2.05) is 11.8 Å². The molecule has 1 aromatic rings. The first-order chi connectivity index (χ1) is 9.28. The van der Waals surface area contributed by atoms with Gasteiger partial charge in [-0.15, -0.1) is 11.8 Å². The summed E-state index contributed by atoms with van der Waals surface area (Å²) in [6.45, 7) is 1.81. The molecule has 0 bridgehead atoms. The van der Waals surface area contributed by atoms with E-state index in [0.717, 1.165) is 35.8 Å². The number of hydrazine groups is 1. The smallest absolute Gasteiger partial charge is 0.0468 e. The number of nitrogens with two attached hydrogens (primary N) is 1. The molecule has 3 N–H and O–H groups in total. The normalized spacial score (nSPS) is 18.4. The maximum Gasteiger partial charge on any atom is 0.0468 e. The van der Waals surface area contributed by atoms with Gasteiger partial charge < -0.3 is 4.74 Å². The van der Waals surface area contributed by atoms with Gasteiger partial charge in [0.05, 0.1) is 0 Å². The molecule has 2 rings (SSSR count). The summed E-state index contributed by atoms with van der Waals surface area (Å²) in [5.41, 5.74) is 2.96. The number of thioether (sulfide) groups is 1. The van der Waals surface area contributed by atoms with Crippen LogP contribution < -0.4 is 11.3 Å². The van der Waals surface area contributed by atoms with Crippen LogP contribution in [0.3, 0.4) is 0 Å². The van der Waals surface area contributed by atoms with Gasteiger partial charge in [-0.3, -0.25) is 11.3 Å². The molecule has 0 aromatic heterocycles. The molecule has 1 fully saturated rings. The van der Waals surface area contributed by atoms with Crippen LogP contribution in [0, 0.1) is 5.92 Å². The number of halogens is 1. The second-order valence-corrected chi connectivity index (χ2v) is 6.93. The van der Waals surface area contributed by atoms with Crippen molar-refractivity contribution in [2.75, 3.05) is 19.0 Å². The second-order valence-electron chi connectivity index (χ2n) is 4.92. The first-order valence-electron chi connectivity index (χ1n) is 6.70. The minimum Gasteiger partial charge on any atom is -0.381 e. The fourth-order valence-corrected chi connectivity index (χ4v) is 3.52. The third-order valence-electron chi connectivity index (χ3n) is 3.46. The Morgan fingerprint density at radius 1 is 1.32 bits per heavy atom. The molecule has 1 aliphatic rings. The van der Waals surface area contributed by atoms with Gasteiger partial charge in [0.15, 0.2) is 0 Å². The average molecular weight is 345 g/mol. The molecule has 0 spiro atoms. The van der Waals surface area contributed by atoms with E-state index in [4.69, 9.17) is 10.6 Å². The summed E-state index contributed by atoms with van der Waals surface area (Å²) < 4.78 is 6.51. The zero-order valence-corrected chi connectivity index (χ0v) is 13.4. The molecule has 1 unspecified atom stereocenters. The molecule has 106 valence electrons. The van der Waals surface area contributed by atoms with Crippen molar-refractivity contribution in [2.24, 2.45) is 11.8 Å². The summed E-state index contributed by atoms with van der Waals surface area (Å²) in [6, 6.07) is 8.79. The Balaban J connectivity index is 1.76. The Morgan fingerprint density at radius 3 is 2.63 bits per heavy atom. The lowest BCUT2D eigenvalue weighted by atomic mass is 9.93. The van der Waals surface area contributed by atoms with E-state index in [2.05, 4.69) is 45.6 Å². The SMILES string of the molecule is NNC(CSc1ccc(Br)cc1)CC1CCOCC1. The topological polar surface area (TPSA) is 47.3 Å². The molecule has 1 heterocycles. The van der Waals surface area contributed by atoms with Gasteiger partial charge in [0.25, 0.3) is 0 Å². The van der Waals surface area contributed by atoms with E-state index in [1.165, 1.54) is 17.7 Å². The Bertz CT molecular complexity index is 368. The molecule has 1 aliphatic heterocycles. The largest absolute Gasteiger partial charge is 0.381 e. The third kappa shape index (κ3) is 5.44. The maximum atomic E-state index is 5.68. The van der Waals surface area contributed by atoms with Crippen LogP contribution in [0.2, 0.25) is 0 Å². The monoisotopic (exact) mass is 344 g/mol. The molecule has 1 aromatic carbocycles. The molecule has 0 radical (unpaired) electrons. The molecule has 5 heteroatoms. The highest BCUT2D eigenvalue weighted by Gasteiger charge is 2.18. The van der Waals surface area contributed by atoms with E-state index in [0.29, 0.717) is 6.04 Å². The molecular formula is C14H21BrN2OS. The predicted molar refractivity (Wildman–Crippen MR) is 84.1 cm³/mol. The van der Waals surface area contributed by atoms with Crippen LogP contribution in [-0.4, -0.2) is 25.0 Å². The highest BCUT2D eigenvalue weighted by atomic mass is 79.9. The summed E-state index contributed by atoms with van der Waals surface area (Å²) in [6.07, 6.45) is 3.48. The van der Waals surface area contributed by atoms with Crippen LogP contribution in [0.4, 0.5) is 0 Å². The number of nitrogens with one attached hydrogen (secondary N) is 1. The lowest BCUT2D eigenvalue weighted by Crippen LogP contribution is -2.39. The Morgan fingerprint density at radius 2 is 2.00 bits per heavy atom. The minimum atomic E-state index is 0.372. The van der Waals surface area contributed by atoms with Gasteiger partial charge in [-0.25, -0.2) is 0 Å². The zero-order valence-electron chi connectivity index (χ0n) is 11.0. The average Bonchev–Trinajstić information content (AvgIpc) is 2.46. The van der Waals surface area contributed by atoms with Gasteiger partial charge in [0.1, 0.15) is 0 Å². The number of benzene rings is 1. The van der Waals surface area contributed by atoms with Gasteiger partial charge in [0, 0.05) is 34.4 Å². The standard InChI is InChI=1S/C14H21BrN2OS/c15-12-1-3-14(4-2-12)19-10-13(17-16)9-11-5-7-18-8-6-11/h1-4,11,13,17H,5-10,16H2. The number of hydrogen-bond donors (Lipinski definition) is 2. The van der Waals surface area contributed by atoms with Crippen molar-refractivity contribution in [2.45, 2.75) is 30.2 Å². The van der Waals surface area contributed by atoms with Crippen molar-refractivity contribution >= 4 is 27.7 Å². The van der Waals surface area contributed by atoms with E-state index >= 15 is 0 Å². The summed E-state index contributed by atoms with van der Waals surface area (Å²) in [7, 11) is 0. The Labute approximate surface area is 127 Å². The van der Waals surface area contributed by atoms with Crippen molar-refractivity contribution in [1.82, 2.24) is 5.43 Å². The molecular weight excluding hydrogens is 324 g/mol. The van der Waals surface area contributed by atoms with E-state index in [1.54, 1.807) is 0 Å². The summed E-state index contributed by atoms with van der Waals surface area (Å²) >= 11 is 5.31. The van der Waals surface area contributed by atoms with Crippen LogP contribution in [0.15, 0.2) is 33.6 Å². The number of rotatable bonds is 6. The third-order valence-corrected chi connectivity index (χ3v) is 5.16. The van der Waals surface area contributed by atoms with Gasteiger partial charge in [0.2, 0.25) is 0 Å². The fraction of sp³-hybridized carbons (Fsp3) is 0.571. The molecule has 3 nitrogen and oxygen atoms in total. The number of hydrogen-bond acceptors (Lipinski definition) is 4. The van der Waals surface area contributed by atoms with Gasteiger partial charge in [-0.05, 0) is 49.4 Å². The van der Waals surface area contributed by atoms with Gasteiger partial charge in [-0.1, -0.05) is 15.9 Å². The van der Waals surface area contributed by atoms with Crippen LogP contribution in [0.1, 0.15) is 19.3 Å². The number of ether oxygens (including phenoxy) is 1. The van der Waals surface area contributed by atoms with Crippen molar-refractivity contribution in [1.29, 1.82) is 0 Å². The predicted octanol–water partition coefficient (Wildman–Crippen LogP) is 3.19. The van der Waals surface area contributed by atoms with Crippen molar-refractivity contribution < 1.29 is 4.74 Å². The Hall–Kier alpha value is -0.0700. The van der Waals surface area contributed by atoms with Crippen LogP contribution in [0.5, 0.6) is 0 Å². The van der Waals surface area contributed by atoms with E-state index in [-0.39, 0.29) is 0 Å². The first kappa shape index (κ1) is 15.3. The van der Waals surface area contributed by atoms with Gasteiger partial charge in [-0.2, -0.15) is 0 Å². The molecule has 1 saturated heterocycles. The molecule has 0 amide bonds. The highest BCUT2D eigenvalue weighted by Crippen LogP contribution is 2.25. The molecule has 1 atom stereocenters. The van der Waals surface area contributed by atoms with Crippen molar-refractivity contribution in [3.05, 3.63) is 28.7 Å². The lowest BCUT2D eigenvalue weighted by molar-refractivity contribution is 0.0613. The Kier molecular flexibility index (Phi) is 6.67. The summed E-state index contributed by atoms with van der Waals surface area (Å²) in [5, 5.41) is 0. The second kappa shape index (κ2) is 8.27. The quantitative estimate of drug-likeness (QED) is 0.472. The molecule has 0 aliphatic carbocycles. The summed E-state index contributed by atoms with van der Waals surface area (Å²) in [4.78, 5) is 1.29. The molecule has 0 saturated carbocycles. The first-order valence-corrected chi connectivity index (χ1v) is 8.48. The fourth-order valence-electron chi connectivity index (χ4n) is 2.30. The van der Waals surface area contributed by atoms with Crippen molar-refractivity contribution in [3.8, 4) is 0 Å². The zero-order chi connectivity index (χ0) is 13.5. The van der Waals surface area contributed by atoms with Crippen LogP contribution >= 0.6 is 27.7 Å². The minimum absolute atomic E-state index is 0.372. The van der Waals surface area contributed by atoms with E-state index in [9.17, 15) is 0 Å². The summed E-state index contributed by atoms with van der Waals surface area (Å²) in [5.74, 6) is 7.44. The van der Waals surface area contributed by atoms with Crippen LogP contribution in [0.25, 0.3) is 0 Å². The molecule has 19 heavy (non-hydrogen) atoms.